The standard InChI is InChI=1S/C19H32N4O/c1-18(2,3)23-16(24)13-21-17(20-6)22-14-19(4,5)12-15-10-8-7-9-11-15/h7-11H,12-14H2,1-6H3,(H,23,24)(H2,20,21,22). The van der Waals surface area contributed by atoms with Gasteiger partial charge in [-0.25, -0.2) is 0 Å². The molecule has 0 aliphatic heterocycles. The van der Waals surface area contributed by atoms with Gasteiger partial charge in [0.25, 0.3) is 0 Å². The fourth-order valence-corrected chi connectivity index (χ4v) is 2.38. The Kier molecular flexibility index (Phi) is 7.26. The second-order valence-electron chi connectivity index (χ2n) is 7.90. The van der Waals surface area contributed by atoms with Crippen LogP contribution < -0.4 is 16.0 Å². The fraction of sp³-hybridized carbons (Fsp3) is 0.579. The Morgan fingerprint density at radius 3 is 2.21 bits per heavy atom. The van der Waals surface area contributed by atoms with Crippen LogP contribution in [0.2, 0.25) is 0 Å². The Morgan fingerprint density at radius 1 is 1.04 bits per heavy atom. The van der Waals surface area contributed by atoms with E-state index in [1.165, 1.54) is 5.56 Å². The number of rotatable bonds is 6. The van der Waals surface area contributed by atoms with E-state index >= 15 is 0 Å². The van der Waals surface area contributed by atoms with Crippen molar-refractivity contribution in [2.75, 3.05) is 20.1 Å². The number of nitrogens with one attached hydrogen (secondary N) is 3. The average Bonchev–Trinajstić information content (AvgIpc) is 2.46. The molecular weight excluding hydrogens is 300 g/mol. The van der Waals surface area contributed by atoms with Crippen molar-refractivity contribution in [3.8, 4) is 0 Å². The number of carbonyl (C=O) groups excluding carboxylic acids is 1. The van der Waals surface area contributed by atoms with Gasteiger partial charge in [-0.1, -0.05) is 44.2 Å². The molecule has 0 saturated carbocycles. The molecule has 0 aliphatic carbocycles. The summed E-state index contributed by atoms with van der Waals surface area (Å²) in [7, 11) is 1.71. The summed E-state index contributed by atoms with van der Waals surface area (Å²) in [5, 5.41) is 9.28. The molecule has 3 N–H and O–H groups in total. The largest absolute Gasteiger partial charge is 0.356 e. The summed E-state index contributed by atoms with van der Waals surface area (Å²) >= 11 is 0. The Balaban J connectivity index is 2.44. The molecule has 1 amide bonds. The van der Waals surface area contributed by atoms with Crippen LogP contribution in [-0.4, -0.2) is 37.5 Å². The van der Waals surface area contributed by atoms with Crippen molar-refractivity contribution in [1.29, 1.82) is 0 Å². The third-order valence-corrected chi connectivity index (χ3v) is 3.41. The van der Waals surface area contributed by atoms with E-state index in [0.717, 1.165) is 13.0 Å². The average molecular weight is 332 g/mol. The van der Waals surface area contributed by atoms with Crippen LogP contribution in [0, 0.1) is 5.41 Å². The highest BCUT2D eigenvalue weighted by atomic mass is 16.2. The van der Waals surface area contributed by atoms with Gasteiger partial charge in [0.15, 0.2) is 5.96 Å². The molecule has 24 heavy (non-hydrogen) atoms. The molecule has 0 fully saturated rings. The number of aliphatic imine (C=N–C) groups is 1. The third kappa shape index (κ3) is 8.56. The molecule has 134 valence electrons. The summed E-state index contributed by atoms with van der Waals surface area (Å²) in [4.78, 5) is 16.0. The van der Waals surface area contributed by atoms with Crippen LogP contribution in [0.15, 0.2) is 35.3 Å². The first-order valence-electron chi connectivity index (χ1n) is 8.41. The van der Waals surface area contributed by atoms with Crippen LogP contribution in [0.4, 0.5) is 0 Å². The lowest BCUT2D eigenvalue weighted by Crippen LogP contribution is -2.49. The SMILES string of the molecule is CN=C(NCC(=O)NC(C)(C)C)NCC(C)(C)Cc1ccccc1. The Bertz CT molecular complexity index is 544. The van der Waals surface area contributed by atoms with E-state index < -0.39 is 0 Å². The Morgan fingerprint density at radius 2 is 1.67 bits per heavy atom. The highest BCUT2D eigenvalue weighted by Gasteiger charge is 2.19. The van der Waals surface area contributed by atoms with Crippen LogP contribution in [-0.2, 0) is 11.2 Å². The molecule has 5 nitrogen and oxygen atoms in total. The molecule has 0 atom stereocenters. The predicted octanol–water partition coefficient (Wildman–Crippen LogP) is 2.33. The lowest BCUT2D eigenvalue weighted by atomic mass is 9.86. The van der Waals surface area contributed by atoms with Crippen LogP contribution in [0.1, 0.15) is 40.2 Å². The molecule has 1 aromatic rings. The van der Waals surface area contributed by atoms with E-state index in [1.54, 1.807) is 7.05 Å². The van der Waals surface area contributed by atoms with E-state index in [4.69, 9.17) is 0 Å². The van der Waals surface area contributed by atoms with Crippen molar-refractivity contribution in [2.45, 2.75) is 46.6 Å². The summed E-state index contributed by atoms with van der Waals surface area (Å²) in [5.41, 5.74) is 1.16. The van der Waals surface area contributed by atoms with E-state index in [0.29, 0.717) is 5.96 Å². The van der Waals surface area contributed by atoms with Crippen molar-refractivity contribution in [1.82, 2.24) is 16.0 Å². The second kappa shape index (κ2) is 8.71. The van der Waals surface area contributed by atoms with Gasteiger partial charge in [-0.05, 0) is 38.2 Å². The summed E-state index contributed by atoms with van der Waals surface area (Å²) in [6, 6.07) is 10.4. The minimum absolute atomic E-state index is 0.0472. The van der Waals surface area contributed by atoms with Gasteiger partial charge in [0.2, 0.25) is 5.91 Å². The third-order valence-electron chi connectivity index (χ3n) is 3.41. The normalized spacial score (nSPS) is 12.7. The zero-order valence-electron chi connectivity index (χ0n) is 15.9. The first kappa shape index (κ1) is 20.0. The summed E-state index contributed by atoms with van der Waals surface area (Å²) in [6.07, 6.45) is 0.975. The maximum absolute atomic E-state index is 11.9. The van der Waals surface area contributed by atoms with Crippen LogP contribution >= 0.6 is 0 Å². The van der Waals surface area contributed by atoms with E-state index in [1.807, 2.05) is 26.8 Å². The van der Waals surface area contributed by atoms with Crippen molar-refractivity contribution >= 4 is 11.9 Å². The number of nitrogens with zero attached hydrogens (tertiary/aromatic N) is 1. The molecule has 1 aromatic carbocycles. The highest BCUT2D eigenvalue weighted by molar-refractivity contribution is 5.86. The maximum Gasteiger partial charge on any atom is 0.239 e. The molecule has 0 aliphatic rings. The number of hydrogen-bond donors (Lipinski definition) is 3. The van der Waals surface area contributed by atoms with Gasteiger partial charge in [-0.3, -0.25) is 9.79 Å². The zero-order chi connectivity index (χ0) is 18.2. The molecule has 0 saturated heterocycles. The predicted molar refractivity (Wildman–Crippen MR) is 101 cm³/mol. The second-order valence-corrected chi connectivity index (χ2v) is 7.90. The van der Waals surface area contributed by atoms with Crippen molar-refractivity contribution in [3.63, 3.8) is 0 Å². The van der Waals surface area contributed by atoms with Crippen LogP contribution in [0.5, 0.6) is 0 Å². The number of carbonyl (C=O) groups is 1. The molecule has 0 spiro atoms. The first-order chi connectivity index (χ1) is 11.1. The van der Waals surface area contributed by atoms with E-state index in [-0.39, 0.29) is 23.4 Å². The Labute approximate surface area is 146 Å². The minimum Gasteiger partial charge on any atom is -0.356 e. The van der Waals surface area contributed by atoms with Gasteiger partial charge in [0.1, 0.15) is 0 Å². The van der Waals surface area contributed by atoms with E-state index in [2.05, 4.69) is 59.1 Å². The summed E-state index contributed by atoms with van der Waals surface area (Å²) < 4.78 is 0. The van der Waals surface area contributed by atoms with Gasteiger partial charge in [-0.2, -0.15) is 0 Å². The highest BCUT2D eigenvalue weighted by Crippen LogP contribution is 2.20. The number of amides is 1. The van der Waals surface area contributed by atoms with Crippen molar-refractivity contribution in [2.24, 2.45) is 10.4 Å². The van der Waals surface area contributed by atoms with Gasteiger partial charge in [-0.15, -0.1) is 0 Å². The van der Waals surface area contributed by atoms with Gasteiger partial charge < -0.3 is 16.0 Å². The van der Waals surface area contributed by atoms with Crippen molar-refractivity contribution in [3.05, 3.63) is 35.9 Å². The van der Waals surface area contributed by atoms with E-state index in [9.17, 15) is 4.79 Å². The lowest BCUT2D eigenvalue weighted by Gasteiger charge is -2.26. The zero-order valence-corrected chi connectivity index (χ0v) is 15.9. The topological polar surface area (TPSA) is 65.5 Å². The maximum atomic E-state index is 11.9. The first-order valence-corrected chi connectivity index (χ1v) is 8.41. The lowest BCUT2D eigenvalue weighted by molar-refractivity contribution is -0.121. The quantitative estimate of drug-likeness (QED) is 0.553. The smallest absolute Gasteiger partial charge is 0.239 e. The number of hydrogen-bond acceptors (Lipinski definition) is 2. The van der Waals surface area contributed by atoms with Gasteiger partial charge in [0.05, 0.1) is 6.54 Å². The fourth-order valence-electron chi connectivity index (χ4n) is 2.38. The van der Waals surface area contributed by atoms with Crippen molar-refractivity contribution < 1.29 is 4.79 Å². The van der Waals surface area contributed by atoms with Crippen LogP contribution in [0.3, 0.4) is 0 Å². The van der Waals surface area contributed by atoms with Crippen LogP contribution in [0.25, 0.3) is 0 Å². The van der Waals surface area contributed by atoms with Gasteiger partial charge in [0, 0.05) is 19.1 Å². The Hall–Kier alpha value is -2.04. The molecular formula is C19H32N4O. The monoisotopic (exact) mass is 332 g/mol. The molecule has 0 unspecified atom stereocenters. The molecule has 0 aromatic heterocycles. The van der Waals surface area contributed by atoms with Gasteiger partial charge >= 0.3 is 0 Å². The molecule has 0 bridgehead atoms. The minimum atomic E-state index is -0.229. The molecule has 0 radical (unpaired) electrons. The number of guanidine groups is 1. The molecule has 1 rings (SSSR count). The summed E-state index contributed by atoms with van der Waals surface area (Å²) in [6.45, 7) is 11.3. The summed E-state index contributed by atoms with van der Waals surface area (Å²) in [5.74, 6) is 0.592. The molecule has 0 heterocycles. The molecule has 5 heteroatoms. The number of benzene rings is 1.